The van der Waals surface area contributed by atoms with Crippen LogP contribution in [0.2, 0.25) is 0 Å². The van der Waals surface area contributed by atoms with Crippen LogP contribution in [0.25, 0.3) is 5.69 Å². The minimum atomic E-state index is 0.0415. The van der Waals surface area contributed by atoms with Crippen LogP contribution >= 0.6 is 0 Å². The van der Waals surface area contributed by atoms with Crippen molar-refractivity contribution >= 4 is 5.91 Å². The van der Waals surface area contributed by atoms with Crippen LogP contribution < -0.4 is 5.32 Å². The van der Waals surface area contributed by atoms with Gasteiger partial charge in [0.05, 0.1) is 18.3 Å². The van der Waals surface area contributed by atoms with Crippen LogP contribution in [0.15, 0.2) is 42.7 Å². The molecule has 1 heterocycles. The molecule has 0 aliphatic rings. The Morgan fingerprint density at radius 2 is 1.95 bits per heavy atom. The summed E-state index contributed by atoms with van der Waals surface area (Å²) in [5.74, 6) is 0.0415. The number of aromatic nitrogens is 2. The highest BCUT2D eigenvalue weighted by Gasteiger charge is 2.07. The number of hydrogen-bond donors (Lipinski definition) is 1. The minimum Gasteiger partial charge on any atom is -0.355 e. The van der Waals surface area contributed by atoms with Crippen LogP contribution in [0.3, 0.4) is 0 Å². The summed E-state index contributed by atoms with van der Waals surface area (Å²) in [4.78, 5) is 14.2. The van der Waals surface area contributed by atoms with Crippen LogP contribution in [-0.4, -0.2) is 46.8 Å². The molecule has 5 nitrogen and oxygen atoms in total. The molecule has 1 N–H and O–H groups in total. The summed E-state index contributed by atoms with van der Waals surface area (Å²) in [6, 6.07) is 9.88. The van der Waals surface area contributed by atoms with Gasteiger partial charge in [-0.15, -0.1) is 0 Å². The Labute approximate surface area is 131 Å². The van der Waals surface area contributed by atoms with Gasteiger partial charge in [0.2, 0.25) is 5.91 Å². The summed E-state index contributed by atoms with van der Waals surface area (Å²) in [7, 11) is 0. The number of nitrogens with zero attached hydrogens (tertiary/aromatic N) is 3. The second kappa shape index (κ2) is 8.34. The summed E-state index contributed by atoms with van der Waals surface area (Å²) in [5.41, 5.74) is 1.92. The summed E-state index contributed by atoms with van der Waals surface area (Å²) >= 11 is 0. The van der Waals surface area contributed by atoms with E-state index in [1.807, 2.05) is 36.5 Å². The molecule has 1 amide bonds. The molecule has 0 unspecified atom stereocenters. The van der Waals surface area contributed by atoms with Crippen molar-refractivity contribution in [2.75, 3.05) is 26.2 Å². The maximum Gasteiger partial charge on any atom is 0.224 e. The van der Waals surface area contributed by atoms with E-state index in [0.717, 1.165) is 30.9 Å². The highest BCUT2D eigenvalue weighted by atomic mass is 16.1. The van der Waals surface area contributed by atoms with Gasteiger partial charge >= 0.3 is 0 Å². The second-order valence-corrected chi connectivity index (χ2v) is 5.18. The van der Waals surface area contributed by atoms with Crippen molar-refractivity contribution in [1.82, 2.24) is 20.0 Å². The molecular formula is C17H24N4O. The number of hydrogen-bond acceptors (Lipinski definition) is 3. The maximum atomic E-state index is 11.9. The van der Waals surface area contributed by atoms with E-state index in [9.17, 15) is 4.79 Å². The Morgan fingerprint density at radius 1 is 1.23 bits per heavy atom. The molecule has 2 aromatic rings. The van der Waals surface area contributed by atoms with Gasteiger partial charge in [0.25, 0.3) is 0 Å². The number of carbonyl (C=O) groups is 1. The first-order valence-electron chi connectivity index (χ1n) is 7.81. The van der Waals surface area contributed by atoms with Crippen LogP contribution in [0.5, 0.6) is 0 Å². The first-order valence-corrected chi connectivity index (χ1v) is 7.81. The van der Waals surface area contributed by atoms with Crippen molar-refractivity contribution < 1.29 is 4.79 Å². The third-order valence-corrected chi connectivity index (χ3v) is 3.67. The summed E-state index contributed by atoms with van der Waals surface area (Å²) < 4.78 is 1.79. The van der Waals surface area contributed by atoms with Gasteiger partial charge < -0.3 is 10.2 Å². The lowest BCUT2D eigenvalue weighted by Gasteiger charge is -2.17. The van der Waals surface area contributed by atoms with Crippen molar-refractivity contribution in [3.05, 3.63) is 48.3 Å². The molecule has 2 rings (SSSR count). The van der Waals surface area contributed by atoms with Crippen molar-refractivity contribution in [2.24, 2.45) is 0 Å². The maximum absolute atomic E-state index is 11.9. The van der Waals surface area contributed by atoms with Crippen LogP contribution in [-0.2, 0) is 11.2 Å². The molecule has 0 bridgehead atoms. The predicted octanol–water partition coefficient (Wildman–Crippen LogP) is 1.87. The van der Waals surface area contributed by atoms with Crippen LogP contribution in [0.1, 0.15) is 19.4 Å². The molecule has 1 aromatic heterocycles. The van der Waals surface area contributed by atoms with Gasteiger partial charge in [-0.2, -0.15) is 5.10 Å². The van der Waals surface area contributed by atoms with Crippen molar-refractivity contribution in [1.29, 1.82) is 0 Å². The lowest BCUT2D eigenvalue weighted by Crippen LogP contribution is -2.35. The fourth-order valence-corrected chi connectivity index (χ4v) is 2.31. The van der Waals surface area contributed by atoms with Gasteiger partial charge in [-0.1, -0.05) is 32.0 Å². The topological polar surface area (TPSA) is 50.2 Å². The number of carbonyl (C=O) groups excluding carboxylic acids is 1. The third-order valence-electron chi connectivity index (χ3n) is 3.67. The predicted molar refractivity (Wildman–Crippen MR) is 88.1 cm³/mol. The summed E-state index contributed by atoms with van der Waals surface area (Å²) in [6.07, 6.45) is 4.02. The van der Waals surface area contributed by atoms with Crippen molar-refractivity contribution in [2.45, 2.75) is 20.3 Å². The second-order valence-electron chi connectivity index (χ2n) is 5.18. The van der Waals surface area contributed by atoms with E-state index in [1.54, 1.807) is 10.9 Å². The largest absolute Gasteiger partial charge is 0.355 e. The zero-order valence-corrected chi connectivity index (χ0v) is 13.3. The Morgan fingerprint density at radius 3 is 2.64 bits per heavy atom. The Bertz CT molecular complexity index is 575. The molecule has 0 saturated carbocycles. The van der Waals surface area contributed by atoms with E-state index >= 15 is 0 Å². The Balaban J connectivity index is 1.81. The number of rotatable bonds is 8. The number of nitrogens with one attached hydrogen (secondary N) is 1. The molecule has 0 saturated heterocycles. The van der Waals surface area contributed by atoms with E-state index < -0.39 is 0 Å². The average molecular weight is 300 g/mol. The normalized spacial score (nSPS) is 10.9. The zero-order valence-electron chi connectivity index (χ0n) is 13.3. The first-order chi connectivity index (χ1) is 10.7. The Kier molecular flexibility index (Phi) is 6.15. The smallest absolute Gasteiger partial charge is 0.224 e. The molecule has 0 spiro atoms. The van der Waals surface area contributed by atoms with Gasteiger partial charge in [0.1, 0.15) is 0 Å². The molecule has 22 heavy (non-hydrogen) atoms. The van der Waals surface area contributed by atoms with E-state index in [-0.39, 0.29) is 5.91 Å². The number of para-hydroxylation sites is 1. The molecule has 0 radical (unpaired) electrons. The molecule has 0 aliphatic heterocycles. The summed E-state index contributed by atoms with van der Waals surface area (Å²) in [6.45, 7) is 7.86. The number of amides is 1. The van der Waals surface area contributed by atoms with Gasteiger partial charge in [0.15, 0.2) is 0 Å². The minimum absolute atomic E-state index is 0.0415. The summed E-state index contributed by atoms with van der Waals surface area (Å²) in [5, 5.41) is 7.26. The lowest BCUT2D eigenvalue weighted by atomic mass is 10.2. The molecule has 118 valence electrons. The van der Waals surface area contributed by atoms with Gasteiger partial charge in [-0.05, 0) is 30.8 Å². The SMILES string of the molecule is CCN(CC)CCNC(=O)Cc1cnn(-c2ccccc2)c1. The average Bonchev–Trinajstić information content (AvgIpc) is 3.01. The van der Waals surface area contributed by atoms with Gasteiger partial charge in [0, 0.05) is 19.3 Å². The van der Waals surface area contributed by atoms with Crippen LogP contribution in [0, 0.1) is 0 Å². The van der Waals surface area contributed by atoms with E-state index in [1.165, 1.54) is 0 Å². The quantitative estimate of drug-likeness (QED) is 0.810. The molecule has 0 aliphatic carbocycles. The Hall–Kier alpha value is -2.14. The lowest BCUT2D eigenvalue weighted by molar-refractivity contribution is -0.120. The van der Waals surface area contributed by atoms with Crippen LogP contribution in [0.4, 0.5) is 0 Å². The van der Waals surface area contributed by atoms with Gasteiger partial charge in [-0.3, -0.25) is 4.79 Å². The first kappa shape index (κ1) is 16.2. The molecule has 0 atom stereocenters. The van der Waals surface area contributed by atoms with Crippen molar-refractivity contribution in [3.8, 4) is 5.69 Å². The standard InChI is InChI=1S/C17H24N4O/c1-3-20(4-2)11-10-18-17(22)12-15-13-19-21(14-15)16-8-6-5-7-9-16/h5-9,13-14H,3-4,10-12H2,1-2H3,(H,18,22). The highest BCUT2D eigenvalue weighted by molar-refractivity contribution is 5.78. The van der Waals surface area contributed by atoms with E-state index in [4.69, 9.17) is 0 Å². The molecule has 1 aromatic carbocycles. The van der Waals surface area contributed by atoms with E-state index in [2.05, 4.69) is 29.2 Å². The fourth-order valence-electron chi connectivity index (χ4n) is 2.31. The third kappa shape index (κ3) is 4.70. The van der Waals surface area contributed by atoms with Crippen molar-refractivity contribution in [3.63, 3.8) is 0 Å². The molecule has 0 fully saturated rings. The fraction of sp³-hybridized carbons (Fsp3) is 0.412. The van der Waals surface area contributed by atoms with Gasteiger partial charge in [-0.25, -0.2) is 4.68 Å². The highest BCUT2D eigenvalue weighted by Crippen LogP contribution is 2.07. The molecular weight excluding hydrogens is 276 g/mol. The number of likely N-dealkylation sites (N-methyl/N-ethyl adjacent to an activating group) is 1. The zero-order chi connectivity index (χ0) is 15.8. The molecule has 5 heteroatoms. The monoisotopic (exact) mass is 300 g/mol. The number of benzene rings is 1. The van der Waals surface area contributed by atoms with E-state index in [0.29, 0.717) is 13.0 Å².